The molecule has 1 nitrogen and oxygen atoms in total. The summed E-state index contributed by atoms with van der Waals surface area (Å²) >= 11 is 0. The second-order valence-corrected chi connectivity index (χ2v) is 7.26. The molecule has 114 valence electrons. The normalized spacial score (nSPS) is 13.7. The molecule has 1 rings (SSSR count). The molecule has 1 aromatic rings. The van der Waals surface area contributed by atoms with Gasteiger partial charge in [-0.05, 0) is 36.2 Å². The first-order chi connectivity index (χ1) is 9.40. The maximum atomic E-state index is 3.93. The van der Waals surface area contributed by atoms with Crippen molar-refractivity contribution in [3.05, 3.63) is 35.9 Å². The Balaban J connectivity index is 2.80. The van der Waals surface area contributed by atoms with Crippen LogP contribution in [-0.2, 0) is 0 Å². The quantitative estimate of drug-likeness (QED) is 0.666. The summed E-state index contributed by atoms with van der Waals surface area (Å²) in [6.45, 7) is 13.9. The van der Waals surface area contributed by atoms with E-state index in [4.69, 9.17) is 0 Å². The third kappa shape index (κ3) is 6.09. The molecule has 1 aromatic carbocycles. The van der Waals surface area contributed by atoms with Crippen molar-refractivity contribution >= 4 is 0 Å². The molecule has 0 saturated heterocycles. The van der Waals surface area contributed by atoms with Gasteiger partial charge in [0.05, 0.1) is 0 Å². The molecular weight excluding hydrogens is 242 g/mol. The molecule has 0 saturated carbocycles. The van der Waals surface area contributed by atoms with Crippen LogP contribution in [0.1, 0.15) is 66.0 Å². The van der Waals surface area contributed by atoms with Gasteiger partial charge in [-0.1, -0.05) is 71.9 Å². The molecule has 1 heteroatoms. The summed E-state index contributed by atoms with van der Waals surface area (Å²) in [4.78, 5) is 0. The van der Waals surface area contributed by atoms with Crippen molar-refractivity contribution in [3.8, 4) is 0 Å². The van der Waals surface area contributed by atoms with Crippen LogP contribution in [-0.4, -0.2) is 6.04 Å². The largest absolute Gasteiger partial charge is 0.307 e. The van der Waals surface area contributed by atoms with Gasteiger partial charge in [0.2, 0.25) is 0 Å². The molecule has 0 spiro atoms. The van der Waals surface area contributed by atoms with E-state index in [1.165, 1.54) is 18.4 Å². The number of hydrogen-bond donors (Lipinski definition) is 1. The van der Waals surface area contributed by atoms with Gasteiger partial charge in [0, 0.05) is 12.1 Å². The third-order valence-corrected chi connectivity index (χ3v) is 3.75. The first kappa shape index (κ1) is 17.2. The molecule has 0 radical (unpaired) electrons. The summed E-state index contributed by atoms with van der Waals surface area (Å²) in [5.41, 5.74) is 1.42. The second-order valence-electron chi connectivity index (χ2n) is 7.26. The highest BCUT2D eigenvalue weighted by molar-refractivity contribution is 5.19. The van der Waals surface area contributed by atoms with E-state index in [0.29, 0.717) is 18.0 Å². The Morgan fingerprint density at radius 3 is 1.70 bits per heavy atom. The minimum absolute atomic E-state index is 0.457. The fourth-order valence-electron chi connectivity index (χ4n) is 2.96. The van der Waals surface area contributed by atoms with E-state index >= 15 is 0 Å². The van der Waals surface area contributed by atoms with E-state index < -0.39 is 0 Å². The predicted molar refractivity (Wildman–Crippen MR) is 89.9 cm³/mol. The lowest BCUT2D eigenvalue weighted by atomic mass is 9.90. The highest BCUT2D eigenvalue weighted by Crippen LogP contribution is 2.25. The topological polar surface area (TPSA) is 12.0 Å². The summed E-state index contributed by atoms with van der Waals surface area (Å²) < 4.78 is 0. The molecule has 0 aliphatic carbocycles. The fourth-order valence-corrected chi connectivity index (χ4v) is 2.96. The van der Waals surface area contributed by atoms with Crippen molar-refractivity contribution in [2.24, 2.45) is 17.8 Å². The molecule has 0 aliphatic heterocycles. The van der Waals surface area contributed by atoms with Gasteiger partial charge in [-0.2, -0.15) is 0 Å². The smallest absolute Gasteiger partial charge is 0.0345 e. The van der Waals surface area contributed by atoms with Gasteiger partial charge >= 0.3 is 0 Å². The molecule has 0 aromatic heterocycles. The van der Waals surface area contributed by atoms with E-state index in [-0.39, 0.29) is 0 Å². The Bertz CT molecular complexity index is 343. The molecule has 1 unspecified atom stereocenters. The van der Waals surface area contributed by atoms with Gasteiger partial charge in [0.15, 0.2) is 0 Å². The maximum absolute atomic E-state index is 3.93. The van der Waals surface area contributed by atoms with Gasteiger partial charge in [0.25, 0.3) is 0 Å². The third-order valence-electron chi connectivity index (χ3n) is 3.75. The molecule has 0 aliphatic rings. The first-order valence-electron chi connectivity index (χ1n) is 8.21. The van der Waals surface area contributed by atoms with Crippen LogP contribution in [0.5, 0.6) is 0 Å². The lowest BCUT2D eigenvalue weighted by Crippen LogP contribution is -2.37. The molecule has 0 bridgehead atoms. The van der Waals surface area contributed by atoms with E-state index in [9.17, 15) is 0 Å². The standard InChI is InChI=1S/C19H33N/c1-14(2)12-18(13-15(3)4)20-19(16(5)6)17-10-8-7-9-11-17/h7-11,14-16,18-20H,12-13H2,1-6H3. The Labute approximate surface area is 126 Å². The molecule has 20 heavy (non-hydrogen) atoms. The van der Waals surface area contributed by atoms with Crippen LogP contribution in [0.2, 0.25) is 0 Å². The Kier molecular flexibility index (Phi) is 7.29. The van der Waals surface area contributed by atoms with E-state index in [0.717, 1.165) is 11.8 Å². The SMILES string of the molecule is CC(C)CC(CC(C)C)NC(c1ccccc1)C(C)C. The van der Waals surface area contributed by atoms with Gasteiger partial charge in [-0.25, -0.2) is 0 Å². The number of benzene rings is 1. The van der Waals surface area contributed by atoms with Crippen molar-refractivity contribution in [1.82, 2.24) is 5.32 Å². The molecule has 0 fully saturated rings. The van der Waals surface area contributed by atoms with Crippen molar-refractivity contribution in [2.45, 2.75) is 66.5 Å². The number of hydrogen-bond acceptors (Lipinski definition) is 1. The van der Waals surface area contributed by atoms with Crippen LogP contribution in [0.15, 0.2) is 30.3 Å². The van der Waals surface area contributed by atoms with E-state index in [1.54, 1.807) is 0 Å². The Hall–Kier alpha value is -0.820. The highest BCUT2D eigenvalue weighted by atomic mass is 15.0. The molecular formula is C19H33N. The fraction of sp³-hybridized carbons (Fsp3) is 0.684. The second kappa shape index (κ2) is 8.46. The summed E-state index contributed by atoms with van der Waals surface area (Å²) in [6, 6.07) is 12.0. The maximum Gasteiger partial charge on any atom is 0.0345 e. The average Bonchev–Trinajstić information content (AvgIpc) is 2.35. The first-order valence-corrected chi connectivity index (χ1v) is 8.21. The van der Waals surface area contributed by atoms with E-state index in [2.05, 4.69) is 77.2 Å². The average molecular weight is 275 g/mol. The van der Waals surface area contributed by atoms with Crippen molar-refractivity contribution in [1.29, 1.82) is 0 Å². The minimum atomic E-state index is 0.457. The Morgan fingerprint density at radius 2 is 1.30 bits per heavy atom. The van der Waals surface area contributed by atoms with Crippen molar-refractivity contribution < 1.29 is 0 Å². The number of nitrogens with one attached hydrogen (secondary N) is 1. The summed E-state index contributed by atoms with van der Waals surface area (Å²) in [5.74, 6) is 2.10. The minimum Gasteiger partial charge on any atom is -0.307 e. The summed E-state index contributed by atoms with van der Waals surface area (Å²) in [5, 5.41) is 3.93. The van der Waals surface area contributed by atoms with E-state index in [1.807, 2.05) is 0 Å². The van der Waals surface area contributed by atoms with Crippen LogP contribution < -0.4 is 5.32 Å². The molecule has 0 amide bonds. The van der Waals surface area contributed by atoms with Crippen LogP contribution in [0.25, 0.3) is 0 Å². The van der Waals surface area contributed by atoms with Gasteiger partial charge in [-0.15, -0.1) is 0 Å². The molecule has 1 atom stereocenters. The zero-order valence-corrected chi connectivity index (χ0v) is 14.2. The van der Waals surface area contributed by atoms with Crippen LogP contribution in [0.4, 0.5) is 0 Å². The number of rotatable bonds is 8. The zero-order chi connectivity index (χ0) is 15.1. The molecule has 0 heterocycles. The van der Waals surface area contributed by atoms with Gasteiger partial charge in [-0.3, -0.25) is 0 Å². The van der Waals surface area contributed by atoms with Gasteiger partial charge < -0.3 is 5.32 Å². The summed E-state index contributed by atoms with van der Waals surface area (Å²) in [7, 11) is 0. The Morgan fingerprint density at radius 1 is 0.800 bits per heavy atom. The summed E-state index contributed by atoms with van der Waals surface area (Å²) in [6.07, 6.45) is 2.52. The van der Waals surface area contributed by atoms with Crippen LogP contribution in [0, 0.1) is 17.8 Å². The predicted octanol–water partition coefficient (Wildman–Crippen LogP) is 5.43. The lowest BCUT2D eigenvalue weighted by molar-refractivity contribution is 0.293. The monoisotopic (exact) mass is 275 g/mol. The van der Waals surface area contributed by atoms with Crippen molar-refractivity contribution in [2.75, 3.05) is 0 Å². The van der Waals surface area contributed by atoms with Crippen LogP contribution >= 0.6 is 0 Å². The lowest BCUT2D eigenvalue weighted by Gasteiger charge is -2.31. The highest BCUT2D eigenvalue weighted by Gasteiger charge is 2.21. The van der Waals surface area contributed by atoms with Crippen molar-refractivity contribution in [3.63, 3.8) is 0 Å². The van der Waals surface area contributed by atoms with Gasteiger partial charge in [0.1, 0.15) is 0 Å². The zero-order valence-electron chi connectivity index (χ0n) is 14.2. The van der Waals surface area contributed by atoms with Crippen LogP contribution in [0.3, 0.4) is 0 Å². The molecule has 1 N–H and O–H groups in total.